The molecule has 2 heteroatoms. The molecule has 11 heavy (non-hydrogen) atoms. The number of halogens is 2. The lowest BCUT2D eigenvalue weighted by Crippen LogP contribution is -2.28. The Bertz CT molecular complexity index is 160. The van der Waals surface area contributed by atoms with Crippen LogP contribution in [-0.4, -0.2) is 11.2 Å². The summed E-state index contributed by atoms with van der Waals surface area (Å²) in [6.07, 6.45) is 5.67. The molecular formula is C9H14BrCl. The normalized spacial score (nSPS) is 48.5. The van der Waals surface area contributed by atoms with Gasteiger partial charge in [0.1, 0.15) is 0 Å². The zero-order chi connectivity index (χ0) is 7.90. The molecular weight excluding hydrogens is 223 g/mol. The molecule has 2 bridgehead atoms. The summed E-state index contributed by atoms with van der Waals surface area (Å²) in [5, 5.41) is 1.16. The highest BCUT2D eigenvalue weighted by Crippen LogP contribution is 2.58. The van der Waals surface area contributed by atoms with Crippen LogP contribution >= 0.6 is 27.5 Å². The first-order chi connectivity index (χ1) is 5.30. The maximum atomic E-state index is 6.04. The maximum absolute atomic E-state index is 6.04. The highest BCUT2D eigenvalue weighted by molar-refractivity contribution is 9.09. The Morgan fingerprint density at radius 2 is 2.36 bits per heavy atom. The Morgan fingerprint density at radius 3 is 2.82 bits per heavy atom. The van der Waals surface area contributed by atoms with E-state index in [4.69, 9.17) is 11.6 Å². The van der Waals surface area contributed by atoms with E-state index >= 15 is 0 Å². The van der Waals surface area contributed by atoms with Gasteiger partial charge in [0.05, 0.1) is 0 Å². The van der Waals surface area contributed by atoms with E-state index in [0.29, 0.717) is 5.41 Å². The van der Waals surface area contributed by atoms with E-state index < -0.39 is 0 Å². The number of alkyl halides is 2. The van der Waals surface area contributed by atoms with E-state index in [9.17, 15) is 0 Å². The Balaban J connectivity index is 2.15. The van der Waals surface area contributed by atoms with Crippen LogP contribution in [0.1, 0.15) is 25.7 Å². The highest BCUT2D eigenvalue weighted by atomic mass is 79.9. The van der Waals surface area contributed by atoms with Crippen molar-refractivity contribution >= 4 is 27.5 Å². The third-order valence-corrected chi connectivity index (χ3v) is 5.00. The molecule has 2 aliphatic carbocycles. The zero-order valence-electron chi connectivity index (χ0n) is 6.65. The molecule has 3 atom stereocenters. The summed E-state index contributed by atoms with van der Waals surface area (Å²) in [5.74, 6) is 2.77. The third-order valence-electron chi connectivity index (χ3n) is 3.68. The van der Waals surface area contributed by atoms with E-state index in [1.807, 2.05) is 0 Å². The predicted molar refractivity (Wildman–Crippen MR) is 52.4 cm³/mol. The summed E-state index contributed by atoms with van der Waals surface area (Å²) in [4.78, 5) is 0. The Hall–Kier alpha value is 0.770. The van der Waals surface area contributed by atoms with Gasteiger partial charge in [-0.05, 0) is 42.9 Å². The summed E-state index contributed by atoms with van der Waals surface area (Å²) in [6, 6.07) is 0. The molecule has 0 aromatic heterocycles. The van der Waals surface area contributed by atoms with Crippen molar-refractivity contribution in [2.24, 2.45) is 17.3 Å². The molecule has 0 spiro atoms. The van der Waals surface area contributed by atoms with Gasteiger partial charge in [0, 0.05) is 11.2 Å². The molecule has 0 aromatic rings. The van der Waals surface area contributed by atoms with Crippen molar-refractivity contribution in [2.45, 2.75) is 25.7 Å². The van der Waals surface area contributed by atoms with Crippen LogP contribution in [0, 0.1) is 17.3 Å². The van der Waals surface area contributed by atoms with Crippen molar-refractivity contribution in [1.82, 2.24) is 0 Å². The Labute approximate surface area is 81.8 Å². The molecule has 0 N–H and O–H groups in total. The first-order valence-electron chi connectivity index (χ1n) is 4.43. The first kappa shape index (κ1) is 8.37. The molecule has 0 radical (unpaired) electrons. The molecule has 0 amide bonds. The van der Waals surface area contributed by atoms with Gasteiger partial charge in [-0.25, -0.2) is 0 Å². The molecule has 2 saturated carbocycles. The second kappa shape index (κ2) is 2.92. The average Bonchev–Trinajstić information content (AvgIpc) is 2.60. The minimum atomic E-state index is 0.537. The number of rotatable bonds is 2. The van der Waals surface area contributed by atoms with Crippen LogP contribution in [0.3, 0.4) is 0 Å². The fourth-order valence-corrected chi connectivity index (χ4v) is 4.36. The monoisotopic (exact) mass is 236 g/mol. The van der Waals surface area contributed by atoms with E-state index in [1.54, 1.807) is 0 Å². The van der Waals surface area contributed by atoms with Gasteiger partial charge >= 0.3 is 0 Å². The van der Waals surface area contributed by atoms with E-state index in [0.717, 1.165) is 23.0 Å². The lowest BCUT2D eigenvalue weighted by Gasteiger charge is -2.31. The molecule has 0 nitrogen and oxygen atoms in total. The molecule has 2 rings (SSSR count). The average molecular weight is 238 g/mol. The van der Waals surface area contributed by atoms with E-state index in [1.165, 1.54) is 25.7 Å². The predicted octanol–water partition coefficient (Wildman–Crippen LogP) is 3.43. The summed E-state index contributed by atoms with van der Waals surface area (Å²) >= 11 is 9.64. The van der Waals surface area contributed by atoms with Crippen molar-refractivity contribution in [3.05, 3.63) is 0 Å². The van der Waals surface area contributed by atoms with Gasteiger partial charge in [-0.1, -0.05) is 15.9 Å². The van der Waals surface area contributed by atoms with Gasteiger partial charge in [-0.3, -0.25) is 0 Å². The lowest BCUT2D eigenvalue weighted by atomic mass is 9.78. The smallest absolute Gasteiger partial charge is 0.0283 e. The number of fused-ring (bicyclic) bond motifs is 2. The van der Waals surface area contributed by atoms with Gasteiger partial charge in [0.2, 0.25) is 0 Å². The molecule has 64 valence electrons. The van der Waals surface area contributed by atoms with Crippen LogP contribution in [0.5, 0.6) is 0 Å². The van der Waals surface area contributed by atoms with E-state index in [-0.39, 0.29) is 0 Å². The van der Waals surface area contributed by atoms with Crippen molar-refractivity contribution in [1.29, 1.82) is 0 Å². The molecule has 0 aliphatic heterocycles. The van der Waals surface area contributed by atoms with Crippen LogP contribution in [-0.2, 0) is 0 Å². The van der Waals surface area contributed by atoms with Crippen LogP contribution < -0.4 is 0 Å². The minimum absolute atomic E-state index is 0.537. The third kappa shape index (κ3) is 1.16. The van der Waals surface area contributed by atoms with Crippen molar-refractivity contribution in [3.8, 4) is 0 Å². The van der Waals surface area contributed by atoms with Crippen LogP contribution in [0.4, 0.5) is 0 Å². The van der Waals surface area contributed by atoms with Crippen LogP contribution in [0.25, 0.3) is 0 Å². The minimum Gasteiger partial charge on any atom is -0.126 e. The Morgan fingerprint density at radius 1 is 1.55 bits per heavy atom. The van der Waals surface area contributed by atoms with Crippen molar-refractivity contribution < 1.29 is 0 Å². The molecule has 2 aliphatic rings. The van der Waals surface area contributed by atoms with Gasteiger partial charge in [-0.15, -0.1) is 11.6 Å². The van der Waals surface area contributed by atoms with E-state index in [2.05, 4.69) is 15.9 Å². The quantitative estimate of drug-likeness (QED) is 0.646. The second-order valence-corrected chi connectivity index (χ2v) is 5.11. The summed E-state index contributed by atoms with van der Waals surface area (Å²) in [7, 11) is 0. The second-order valence-electron chi connectivity index (χ2n) is 4.19. The maximum Gasteiger partial charge on any atom is 0.0283 e. The zero-order valence-corrected chi connectivity index (χ0v) is 9.00. The van der Waals surface area contributed by atoms with Gasteiger partial charge in [-0.2, -0.15) is 0 Å². The standard InChI is InChI=1S/C9H14BrCl/c10-5-8-3-7-1-2-9(8,4-7)6-11/h7-8H,1-6H2. The number of hydrogen-bond acceptors (Lipinski definition) is 0. The summed E-state index contributed by atoms with van der Waals surface area (Å²) in [5.41, 5.74) is 0.537. The summed E-state index contributed by atoms with van der Waals surface area (Å²) in [6.45, 7) is 0. The molecule has 0 aromatic carbocycles. The van der Waals surface area contributed by atoms with Crippen molar-refractivity contribution in [2.75, 3.05) is 11.2 Å². The van der Waals surface area contributed by atoms with Gasteiger partial charge in [0.15, 0.2) is 0 Å². The van der Waals surface area contributed by atoms with Gasteiger partial charge < -0.3 is 0 Å². The molecule has 0 heterocycles. The highest BCUT2D eigenvalue weighted by Gasteiger charge is 2.50. The topological polar surface area (TPSA) is 0 Å². The van der Waals surface area contributed by atoms with Crippen molar-refractivity contribution in [3.63, 3.8) is 0 Å². The van der Waals surface area contributed by atoms with Crippen LogP contribution in [0.15, 0.2) is 0 Å². The SMILES string of the molecule is ClCC12CCC(CC1CBr)C2. The van der Waals surface area contributed by atoms with Crippen LogP contribution in [0.2, 0.25) is 0 Å². The largest absolute Gasteiger partial charge is 0.126 e. The first-order valence-corrected chi connectivity index (χ1v) is 6.08. The molecule has 2 fully saturated rings. The summed E-state index contributed by atoms with van der Waals surface area (Å²) < 4.78 is 0. The number of hydrogen-bond donors (Lipinski definition) is 0. The Kier molecular flexibility index (Phi) is 2.22. The molecule has 0 saturated heterocycles. The lowest BCUT2D eigenvalue weighted by molar-refractivity contribution is 0.240. The fraction of sp³-hybridized carbons (Fsp3) is 1.00. The fourth-order valence-electron chi connectivity index (χ4n) is 2.95. The van der Waals surface area contributed by atoms with Gasteiger partial charge in [0.25, 0.3) is 0 Å². The molecule has 3 unspecified atom stereocenters.